The Hall–Kier alpha value is -0.490. The lowest BCUT2D eigenvalue weighted by molar-refractivity contribution is 0.368. The molecule has 0 amide bonds. The highest BCUT2D eigenvalue weighted by molar-refractivity contribution is 6.21. The Labute approximate surface area is 110 Å². The van der Waals surface area contributed by atoms with Gasteiger partial charge in [0.15, 0.2) is 0 Å². The number of hydrogen-bond acceptors (Lipinski definition) is 0. The molecule has 94 valence electrons. The van der Waals surface area contributed by atoms with Crippen LogP contribution in [0.5, 0.6) is 0 Å². The van der Waals surface area contributed by atoms with E-state index in [-0.39, 0.29) is 5.38 Å². The molecule has 0 spiro atoms. The summed E-state index contributed by atoms with van der Waals surface area (Å²) in [4.78, 5) is 0. The SMILES string of the molecule is Cc1ccc(C(Cl)C2CCCCCCC2)cc1. The summed E-state index contributed by atoms with van der Waals surface area (Å²) < 4.78 is 0. The molecule has 0 bridgehead atoms. The maximum atomic E-state index is 6.66. The van der Waals surface area contributed by atoms with Gasteiger partial charge in [0.1, 0.15) is 0 Å². The van der Waals surface area contributed by atoms with Crippen molar-refractivity contribution >= 4 is 11.6 Å². The zero-order valence-electron chi connectivity index (χ0n) is 10.8. The first-order valence-corrected chi connectivity index (χ1v) is 7.41. The molecule has 1 aliphatic rings. The molecule has 0 nitrogen and oxygen atoms in total. The highest BCUT2D eigenvalue weighted by atomic mass is 35.5. The zero-order valence-corrected chi connectivity index (χ0v) is 11.5. The predicted molar refractivity (Wildman–Crippen MR) is 75.6 cm³/mol. The van der Waals surface area contributed by atoms with E-state index in [0.717, 1.165) is 0 Å². The number of alkyl halides is 1. The van der Waals surface area contributed by atoms with Gasteiger partial charge in [-0.3, -0.25) is 0 Å². The topological polar surface area (TPSA) is 0 Å². The minimum Gasteiger partial charge on any atom is -0.118 e. The monoisotopic (exact) mass is 250 g/mol. The molecule has 0 aliphatic heterocycles. The Morgan fingerprint density at radius 3 is 2.06 bits per heavy atom. The Kier molecular flexibility index (Phi) is 4.91. The van der Waals surface area contributed by atoms with Gasteiger partial charge >= 0.3 is 0 Å². The number of hydrogen-bond donors (Lipinski definition) is 0. The maximum absolute atomic E-state index is 6.66. The molecule has 1 aromatic rings. The van der Waals surface area contributed by atoms with Crippen molar-refractivity contribution in [2.75, 3.05) is 0 Å². The van der Waals surface area contributed by atoms with Crippen LogP contribution in [-0.2, 0) is 0 Å². The van der Waals surface area contributed by atoms with Crippen LogP contribution in [-0.4, -0.2) is 0 Å². The van der Waals surface area contributed by atoms with E-state index in [1.807, 2.05) is 0 Å². The van der Waals surface area contributed by atoms with Crippen molar-refractivity contribution in [1.29, 1.82) is 0 Å². The lowest BCUT2D eigenvalue weighted by atomic mass is 9.86. The van der Waals surface area contributed by atoms with E-state index in [1.54, 1.807) is 0 Å². The largest absolute Gasteiger partial charge is 0.118 e. The number of benzene rings is 1. The van der Waals surface area contributed by atoms with Crippen molar-refractivity contribution in [3.8, 4) is 0 Å². The zero-order chi connectivity index (χ0) is 12.1. The molecule has 1 atom stereocenters. The van der Waals surface area contributed by atoms with E-state index in [0.29, 0.717) is 5.92 Å². The van der Waals surface area contributed by atoms with E-state index in [9.17, 15) is 0 Å². The van der Waals surface area contributed by atoms with Crippen LogP contribution in [0.3, 0.4) is 0 Å². The third-order valence-corrected chi connectivity index (χ3v) is 4.57. The van der Waals surface area contributed by atoms with Crippen LogP contribution < -0.4 is 0 Å². The maximum Gasteiger partial charge on any atom is 0.0613 e. The number of rotatable bonds is 2. The molecule has 1 unspecified atom stereocenters. The van der Waals surface area contributed by atoms with E-state index in [2.05, 4.69) is 31.2 Å². The summed E-state index contributed by atoms with van der Waals surface area (Å²) in [5.74, 6) is 0.680. The normalized spacial score (nSPS) is 20.6. The van der Waals surface area contributed by atoms with Crippen LogP contribution in [0.1, 0.15) is 61.4 Å². The molecule has 0 saturated heterocycles. The van der Waals surface area contributed by atoms with Crippen molar-refractivity contribution < 1.29 is 0 Å². The Bertz CT molecular complexity index is 320. The smallest absolute Gasteiger partial charge is 0.0613 e. The summed E-state index contributed by atoms with van der Waals surface area (Å²) in [5, 5.41) is 0.216. The average molecular weight is 251 g/mol. The van der Waals surface area contributed by atoms with Crippen molar-refractivity contribution in [2.24, 2.45) is 5.92 Å². The molecular formula is C16H23Cl. The van der Waals surface area contributed by atoms with Gasteiger partial charge in [-0.1, -0.05) is 61.9 Å². The molecule has 1 saturated carbocycles. The minimum absolute atomic E-state index is 0.216. The van der Waals surface area contributed by atoms with Gasteiger partial charge in [-0.15, -0.1) is 11.6 Å². The summed E-state index contributed by atoms with van der Waals surface area (Å²) in [6, 6.07) is 8.75. The van der Waals surface area contributed by atoms with Crippen LogP contribution in [0.25, 0.3) is 0 Å². The lowest BCUT2D eigenvalue weighted by Gasteiger charge is -2.24. The second kappa shape index (κ2) is 6.44. The highest BCUT2D eigenvalue weighted by Crippen LogP contribution is 2.37. The van der Waals surface area contributed by atoms with Gasteiger partial charge in [-0.05, 0) is 31.2 Å². The van der Waals surface area contributed by atoms with Crippen LogP contribution in [0.15, 0.2) is 24.3 Å². The average Bonchev–Trinajstić information content (AvgIpc) is 2.29. The number of halogens is 1. The first kappa shape index (κ1) is 13.0. The van der Waals surface area contributed by atoms with Gasteiger partial charge in [0.25, 0.3) is 0 Å². The third kappa shape index (κ3) is 3.74. The van der Waals surface area contributed by atoms with Crippen molar-refractivity contribution in [3.05, 3.63) is 35.4 Å². The van der Waals surface area contributed by atoms with E-state index in [1.165, 1.54) is 56.1 Å². The Balaban J connectivity index is 2.01. The molecule has 0 N–H and O–H groups in total. The molecule has 2 rings (SSSR count). The molecule has 0 radical (unpaired) electrons. The molecule has 1 heteroatoms. The summed E-state index contributed by atoms with van der Waals surface area (Å²) in [6.07, 6.45) is 9.55. The number of aryl methyl sites for hydroxylation is 1. The predicted octanol–water partition coefficient (Wildman–Crippen LogP) is 5.64. The van der Waals surface area contributed by atoms with E-state index in [4.69, 9.17) is 11.6 Å². The van der Waals surface area contributed by atoms with Crippen molar-refractivity contribution in [1.82, 2.24) is 0 Å². The quantitative estimate of drug-likeness (QED) is 0.597. The fraction of sp³-hybridized carbons (Fsp3) is 0.625. The summed E-state index contributed by atoms with van der Waals surface area (Å²) >= 11 is 6.66. The Morgan fingerprint density at radius 2 is 1.47 bits per heavy atom. The van der Waals surface area contributed by atoms with Crippen LogP contribution in [0.4, 0.5) is 0 Å². The molecule has 1 aromatic carbocycles. The molecule has 17 heavy (non-hydrogen) atoms. The second-order valence-electron chi connectivity index (χ2n) is 5.42. The van der Waals surface area contributed by atoms with E-state index < -0.39 is 0 Å². The van der Waals surface area contributed by atoms with Gasteiger partial charge in [0.05, 0.1) is 5.38 Å². The van der Waals surface area contributed by atoms with Crippen LogP contribution in [0, 0.1) is 12.8 Å². The molecule has 0 aromatic heterocycles. The van der Waals surface area contributed by atoms with Gasteiger partial charge in [0, 0.05) is 0 Å². The Morgan fingerprint density at radius 1 is 0.941 bits per heavy atom. The fourth-order valence-corrected chi connectivity index (χ4v) is 3.20. The van der Waals surface area contributed by atoms with Gasteiger partial charge < -0.3 is 0 Å². The minimum atomic E-state index is 0.216. The van der Waals surface area contributed by atoms with Crippen LogP contribution in [0.2, 0.25) is 0 Å². The van der Waals surface area contributed by atoms with Crippen molar-refractivity contribution in [3.63, 3.8) is 0 Å². The first-order valence-electron chi connectivity index (χ1n) is 6.98. The molecule has 1 fully saturated rings. The van der Waals surface area contributed by atoms with Crippen molar-refractivity contribution in [2.45, 2.75) is 57.2 Å². The summed E-state index contributed by atoms with van der Waals surface area (Å²) in [7, 11) is 0. The lowest BCUT2D eigenvalue weighted by Crippen LogP contribution is -2.10. The van der Waals surface area contributed by atoms with Gasteiger partial charge in [-0.2, -0.15) is 0 Å². The van der Waals surface area contributed by atoms with Gasteiger partial charge in [-0.25, -0.2) is 0 Å². The second-order valence-corrected chi connectivity index (χ2v) is 5.89. The molecule has 1 aliphatic carbocycles. The molecular weight excluding hydrogens is 228 g/mol. The van der Waals surface area contributed by atoms with Gasteiger partial charge in [0.2, 0.25) is 0 Å². The fourth-order valence-electron chi connectivity index (χ4n) is 2.80. The van der Waals surface area contributed by atoms with Crippen LogP contribution >= 0.6 is 11.6 Å². The molecule has 0 heterocycles. The highest BCUT2D eigenvalue weighted by Gasteiger charge is 2.21. The van der Waals surface area contributed by atoms with E-state index >= 15 is 0 Å². The summed E-state index contributed by atoms with van der Waals surface area (Å²) in [6.45, 7) is 2.13. The standard InChI is InChI=1S/C16H23Cl/c1-13-9-11-15(12-10-13)16(17)14-7-5-3-2-4-6-8-14/h9-12,14,16H,2-8H2,1H3. The summed E-state index contributed by atoms with van der Waals surface area (Å²) in [5.41, 5.74) is 2.62. The third-order valence-electron chi connectivity index (χ3n) is 3.96. The first-order chi connectivity index (χ1) is 8.27.